The van der Waals surface area contributed by atoms with Crippen LogP contribution in [0.15, 0.2) is 6.07 Å². The average Bonchev–Trinajstić information content (AvgIpc) is 2.60. The smallest absolute Gasteiger partial charge is 0.195 e. The van der Waals surface area contributed by atoms with Crippen LogP contribution in [0.4, 0.5) is 13.2 Å². The van der Waals surface area contributed by atoms with Crippen molar-refractivity contribution in [3.63, 3.8) is 0 Å². The van der Waals surface area contributed by atoms with E-state index in [-0.39, 0.29) is 10.9 Å². The Morgan fingerprint density at radius 2 is 1.94 bits per heavy atom. The Kier molecular flexibility index (Phi) is 2.59. The number of halogens is 3. The maximum Gasteiger partial charge on any atom is 0.195 e. The van der Waals surface area contributed by atoms with Crippen molar-refractivity contribution >= 4 is 10.9 Å². The van der Waals surface area contributed by atoms with Crippen LogP contribution in [-0.4, -0.2) is 10.1 Å². The monoisotopic (exact) mass is 255 g/mol. The summed E-state index contributed by atoms with van der Waals surface area (Å²) >= 11 is 0. The highest BCUT2D eigenvalue weighted by Gasteiger charge is 2.26. The Bertz CT molecular complexity index is 620. The Hall–Kier alpha value is -1.49. The molecule has 1 heterocycles. The fourth-order valence-corrected chi connectivity index (χ4v) is 2.69. The lowest BCUT2D eigenvalue weighted by atomic mass is 10.0. The number of aliphatic hydroxyl groups is 1. The van der Waals surface area contributed by atoms with Gasteiger partial charge in [-0.3, -0.25) is 0 Å². The molecule has 2 nitrogen and oxygen atoms in total. The van der Waals surface area contributed by atoms with E-state index in [1.807, 2.05) is 0 Å². The Morgan fingerprint density at radius 1 is 1.17 bits per heavy atom. The molecule has 0 amide bonds. The van der Waals surface area contributed by atoms with Gasteiger partial charge in [0.1, 0.15) is 0 Å². The van der Waals surface area contributed by atoms with E-state index in [4.69, 9.17) is 0 Å². The zero-order valence-electron chi connectivity index (χ0n) is 9.56. The molecule has 5 heteroatoms. The molecule has 1 aromatic carbocycles. The number of aromatic nitrogens is 1. The summed E-state index contributed by atoms with van der Waals surface area (Å²) in [4.78, 5) is 2.89. The minimum atomic E-state index is -1.49. The van der Waals surface area contributed by atoms with Crippen LogP contribution in [0.2, 0.25) is 0 Å². The maximum absolute atomic E-state index is 13.8. The number of nitrogens with one attached hydrogen (secondary N) is 1. The van der Waals surface area contributed by atoms with Gasteiger partial charge >= 0.3 is 0 Å². The minimum Gasteiger partial charge on any atom is -0.388 e. The molecule has 18 heavy (non-hydrogen) atoms. The third-order valence-corrected chi connectivity index (χ3v) is 3.53. The molecule has 0 saturated carbocycles. The second-order valence-corrected chi connectivity index (χ2v) is 4.69. The maximum atomic E-state index is 13.8. The lowest BCUT2D eigenvalue weighted by molar-refractivity contribution is 0.168. The normalized spacial score (nSPS) is 19.9. The number of aromatic amines is 1. The zero-order valence-corrected chi connectivity index (χ0v) is 9.56. The summed E-state index contributed by atoms with van der Waals surface area (Å²) in [5.41, 5.74) is 1.27. The molecule has 0 saturated heterocycles. The van der Waals surface area contributed by atoms with Gasteiger partial charge in [-0.25, -0.2) is 13.2 Å². The van der Waals surface area contributed by atoms with Gasteiger partial charge in [-0.05, 0) is 19.3 Å². The molecule has 1 aliphatic carbocycles. The largest absolute Gasteiger partial charge is 0.388 e. The van der Waals surface area contributed by atoms with Crippen molar-refractivity contribution in [1.29, 1.82) is 0 Å². The van der Waals surface area contributed by atoms with Gasteiger partial charge in [0, 0.05) is 22.7 Å². The second-order valence-electron chi connectivity index (χ2n) is 4.69. The summed E-state index contributed by atoms with van der Waals surface area (Å²) in [6.45, 7) is 0. The van der Waals surface area contributed by atoms with Gasteiger partial charge in [0.25, 0.3) is 0 Å². The topological polar surface area (TPSA) is 36.0 Å². The number of benzene rings is 1. The fourth-order valence-electron chi connectivity index (χ4n) is 2.69. The lowest BCUT2D eigenvalue weighted by Crippen LogP contribution is -1.99. The van der Waals surface area contributed by atoms with Crippen LogP contribution in [0.25, 0.3) is 10.9 Å². The summed E-state index contributed by atoms with van der Waals surface area (Å²) in [6, 6.07) is 0.940. The summed E-state index contributed by atoms with van der Waals surface area (Å²) in [5.74, 6) is -3.92. The zero-order chi connectivity index (χ0) is 12.9. The van der Waals surface area contributed by atoms with Gasteiger partial charge in [-0.15, -0.1) is 0 Å². The summed E-state index contributed by atoms with van der Waals surface area (Å²) in [7, 11) is 0. The van der Waals surface area contributed by atoms with Crippen molar-refractivity contribution in [2.45, 2.75) is 31.8 Å². The molecule has 1 unspecified atom stereocenters. The van der Waals surface area contributed by atoms with E-state index in [0.29, 0.717) is 24.1 Å². The molecule has 2 N–H and O–H groups in total. The predicted molar refractivity (Wildman–Crippen MR) is 60.7 cm³/mol. The van der Waals surface area contributed by atoms with Gasteiger partial charge in [0.05, 0.1) is 11.6 Å². The van der Waals surface area contributed by atoms with Crippen LogP contribution in [0.3, 0.4) is 0 Å². The number of fused-ring (bicyclic) bond motifs is 3. The Labute approximate surface area is 101 Å². The number of H-pyrrole nitrogens is 1. The molecule has 1 atom stereocenters. The summed E-state index contributed by atoms with van der Waals surface area (Å²) in [5, 5.41) is 9.99. The quantitative estimate of drug-likeness (QED) is 0.549. The molecule has 0 bridgehead atoms. The highest BCUT2D eigenvalue weighted by molar-refractivity contribution is 5.86. The average molecular weight is 255 g/mol. The van der Waals surface area contributed by atoms with Gasteiger partial charge < -0.3 is 10.1 Å². The molecule has 0 spiro atoms. The lowest BCUT2D eigenvalue weighted by Gasteiger charge is -2.08. The van der Waals surface area contributed by atoms with Crippen molar-refractivity contribution in [2.75, 3.05) is 0 Å². The van der Waals surface area contributed by atoms with Crippen LogP contribution in [-0.2, 0) is 6.42 Å². The van der Waals surface area contributed by atoms with E-state index in [1.54, 1.807) is 0 Å². The van der Waals surface area contributed by atoms with Crippen molar-refractivity contribution in [3.05, 3.63) is 34.8 Å². The number of hydrogen-bond donors (Lipinski definition) is 2. The SMILES string of the molecule is OC1CCCCc2[nH]c3cc(F)c(F)c(F)c3c21. The number of aryl methyl sites for hydroxylation is 1. The highest BCUT2D eigenvalue weighted by atomic mass is 19.2. The van der Waals surface area contributed by atoms with Crippen molar-refractivity contribution in [3.8, 4) is 0 Å². The Balaban J connectivity index is 2.36. The molecule has 0 fully saturated rings. The number of hydrogen-bond acceptors (Lipinski definition) is 1. The van der Waals surface area contributed by atoms with Crippen LogP contribution in [0, 0.1) is 17.5 Å². The van der Waals surface area contributed by atoms with Crippen LogP contribution in [0.1, 0.15) is 36.6 Å². The van der Waals surface area contributed by atoms with Crippen LogP contribution >= 0.6 is 0 Å². The standard InChI is InChI=1S/C13H12F3NO/c14-6-5-8-11(13(16)12(6)15)10-7(17-8)3-1-2-4-9(10)18/h5,9,17-18H,1-4H2. The van der Waals surface area contributed by atoms with E-state index >= 15 is 0 Å². The van der Waals surface area contributed by atoms with Gasteiger partial charge in [0.15, 0.2) is 17.5 Å². The highest BCUT2D eigenvalue weighted by Crippen LogP contribution is 2.37. The van der Waals surface area contributed by atoms with Crippen molar-refractivity contribution in [2.24, 2.45) is 0 Å². The van der Waals surface area contributed by atoms with E-state index in [1.165, 1.54) is 0 Å². The van der Waals surface area contributed by atoms with Crippen LogP contribution < -0.4 is 0 Å². The van der Waals surface area contributed by atoms with Crippen molar-refractivity contribution in [1.82, 2.24) is 4.98 Å². The van der Waals surface area contributed by atoms with Gasteiger partial charge in [0.2, 0.25) is 0 Å². The van der Waals surface area contributed by atoms with E-state index in [9.17, 15) is 18.3 Å². The molecule has 2 aromatic rings. The first-order chi connectivity index (χ1) is 8.59. The number of aliphatic hydroxyl groups excluding tert-OH is 1. The molecule has 96 valence electrons. The van der Waals surface area contributed by atoms with E-state index < -0.39 is 23.6 Å². The Morgan fingerprint density at radius 3 is 2.72 bits per heavy atom. The van der Waals surface area contributed by atoms with E-state index in [0.717, 1.165) is 18.9 Å². The first-order valence-electron chi connectivity index (χ1n) is 5.95. The molecule has 1 aromatic heterocycles. The van der Waals surface area contributed by atoms with Gasteiger partial charge in [-0.1, -0.05) is 6.42 Å². The molecule has 3 rings (SSSR count). The van der Waals surface area contributed by atoms with Crippen molar-refractivity contribution < 1.29 is 18.3 Å². The number of rotatable bonds is 0. The summed E-state index contributed by atoms with van der Waals surface area (Å²) < 4.78 is 40.3. The second kappa shape index (κ2) is 4.02. The van der Waals surface area contributed by atoms with Gasteiger partial charge in [-0.2, -0.15) is 0 Å². The summed E-state index contributed by atoms with van der Waals surface area (Å²) in [6.07, 6.45) is 2.04. The first-order valence-corrected chi connectivity index (χ1v) is 5.95. The fraction of sp³-hybridized carbons (Fsp3) is 0.385. The molecule has 0 aliphatic heterocycles. The van der Waals surface area contributed by atoms with E-state index in [2.05, 4.69) is 4.98 Å². The third-order valence-electron chi connectivity index (χ3n) is 3.53. The first kappa shape index (κ1) is 11.6. The molecular formula is C13H12F3NO. The van der Waals surface area contributed by atoms with Crippen LogP contribution in [0.5, 0.6) is 0 Å². The molecule has 1 aliphatic rings. The third kappa shape index (κ3) is 1.54. The molecule has 0 radical (unpaired) electrons. The predicted octanol–water partition coefficient (Wildman–Crippen LogP) is 3.35. The molecular weight excluding hydrogens is 243 g/mol. The minimum absolute atomic E-state index is 0.0155.